The predicted molar refractivity (Wildman–Crippen MR) is 147 cm³/mol. The Hall–Kier alpha value is -0.803. The number of fused-ring (bicyclic) bond motifs is 1. The molecule has 3 aliphatic carbocycles. The van der Waals surface area contributed by atoms with Gasteiger partial charge in [0.15, 0.2) is 14.1 Å². The minimum absolute atomic E-state index is 0.00208. The Bertz CT molecular complexity index is 917. The first-order chi connectivity index (χ1) is 16.7. The smallest absolute Gasteiger partial charge is 0.417 e. The molecule has 0 aromatic heterocycles. The molecule has 3 fully saturated rings. The van der Waals surface area contributed by atoms with Gasteiger partial charge < -0.3 is 9.74 Å². The first kappa shape index (κ1) is 30.7. The van der Waals surface area contributed by atoms with Gasteiger partial charge in [-0.3, -0.25) is 9.59 Å². The second-order valence-corrected chi connectivity index (χ2v) is 19.4. The Morgan fingerprint density at radius 2 is 1.70 bits per heavy atom. The standard InChI is InChI=1S/C28H46F3NO3SSi/c1-17-9-10-20-19(15-32-24(34)28(29,30)31)21(11-12-26(17,20)5)27(6)14-23(36)22(33)13-18(27)16-35-37(7,8)25(2,3)4/h17-21H,9-16H2,1-8H3,(H,32,34)/t17-,18+,19-,20-,21-,26+,27-/m0/s1. The van der Waals surface area contributed by atoms with Gasteiger partial charge in [0.1, 0.15) is 0 Å². The van der Waals surface area contributed by atoms with E-state index in [1.54, 1.807) is 0 Å². The Morgan fingerprint density at radius 1 is 1.11 bits per heavy atom. The van der Waals surface area contributed by atoms with Crippen LogP contribution < -0.4 is 5.32 Å². The van der Waals surface area contributed by atoms with Gasteiger partial charge in [0, 0.05) is 19.6 Å². The highest BCUT2D eigenvalue weighted by molar-refractivity contribution is 7.82. The van der Waals surface area contributed by atoms with E-state index in [0.717, 1.165) is 25.7 Å². The van der Waals surface area contributed by atoms with Crippen LogP contribution in [0.2, 0.25) is 18.1 Å². The summed E-state index contributed by atoms with van der Waals surface area (Å²) in [4.78, 5) is 25.1. The highest BCUT2D eigenvalue weighted by Gasteiger charge is 2.58. The van der Waals surface area contributed by atoms with E-state index in [0.29, 0.717) is 30.2 Å². The maximum Gasteiger partial charge on any atom is 0.471 e. The summed E-state index contributed by atoms with van der Waals surface area (Å²) in [6, 6.07) is 0. The van der Waals surface area contributed by atoms with Crippen LogP contribution in [0.15, 0.2) is 0 Å². The number of nitrogens with one attached hydrogen (secondary N) is 1. The van der Waals surface area contributed by atoms with Crippen molar-refractivity contribution in [1.82, 2.24) is 5.32 Å². The van der Waals surface area contributed by atoms with Crippen molar-refractivity contribution in [1.29, 1.82) is 0 Å². The van der Waals surface area contributed by atoms with Crippen LogP contribution in [0.3, 0.4) is 0 Å². The minimum Gasteiger partial charge on any atom is -0.417 e. The van der Waals surface area contributed by atoms with E-state index in [-0.39, 0.29) is 51.9 Å². The van der Waals surface area contributed by atoms with E-state index in [2.05, 4.69) is 60.0 Å². The van der Waals surface area contributed by atoms with Crippen LogP contribution in [0, 0.1) is 40.4 Å². The van der Waals surface area contributed by atoms with Crippen LogP contribution >= 0.6 is 12.2 Å². The number of hydrogen-bond donors (Lipinski definition) is 1. The summed E-state index contributed by atoms with van der Waals surface area (Å²) in [6.45, 7) is 18.1. The molecule has 0 spiro atoms. The second kappa shape index (κ2) is 10.3. The summed E-state index contributed by atoms with van der Waals surface area (Å²) >= 11 is 5.54. The zero-order valence-electron chi connectivity index (χ0n) is 23.8. The van der Waals surface area contributed by atoms with Crippen molar-refractivity contribution in [2.45, 2.75) is 104 Å². The average molecular weight is 562 g/mol. The van der Waals surface area contributed by atoms with Gasteiger partial charge in [-0.05, 0) is 90.7 Å². The van der Waals surface area contributed by atoms with E-state index < -0.39 is 20.4 Å². The normalized spacial score (nSPS) is 37.4. The first-order valence-electron chi connectivity index (χ1n) is 13.8. The van der Waals surface area contributed by atoms with Gasteiger partial charge in [0.05, 0.1) is 4.86 Å². The van der Waals surface area contributed by atoms with Crippen molar-refractivity contribution < 1.29 is 27.2 Å². The third kappa shape index (κ3) is 5.88. The molecule has 0 aromatic carbocycles. The summed E-state index contributed by atoms with van der Waals surface area (Å²) in [7, 11) is -2.08. The lowest BCUT2D eigenvalue weighted by molar-refractivity contribution is -0.174. The molecule has 0 saturated heterocycles. The fourth-order valence-corrected chi connectivity index (χ4v) is 8.78. The maximum atomic E-state index is 13.1. The Kier molecular flexibility index (Phi) is 8.56. The number of carbonyl (C=O) groups is 2. The number of halogens is 3. The number of thiocarbonyl (C=S) groups is 1. The van der Waals surface area contributed by atoms with Gasteiger partial charge in [-0.2, -0.15) is 13.2 Å². The second-order valence-electron chi connectivity index (χ2n) is 14.1. The van der Waals surface area contributed by atoms with Crippen molar-refractivity contribution in [2.24, 2.45) is 40.4 Å². The Morgan fingerprint density at radius 3 is 2.27 bits per heavy atom. The number of rotatable bonds is 6. The number of alkyl halides is 3. The molecule has 1 N–H and O–H groups in total. The predicted octanol–water partition coefficient (Wildman–Crippen LogP) is 7.12. The molecule has 0 unspecified atom stereocenters. The number of ketones is 1. The fraction of sp³-hybridized carbons (Fsp3) is 0.893. The SMILES string of the molecule is C[C@H]1CC[C@H]2[C@H](CNC(=O)C(F)(F)F)[C@@H]([C@@]3(C)CC(=S)C(=O)C[C@@H]3CO[Si](C)(C)C(C)(C)C)CC[C@]12C. The monoisotopic (exact) mass is 561 g/mol. The number of carbonyl (C=O) groups excluding carboxylic acids is 2. The van der Waals surface area contributed by atoms with Crippen LogP contribution in [0.5, 0.6) is 0 Å². The Balaban J connectivity index is 1.96. The van der Waals surface area contributed by atoms with Crippen LogP contribution in [-0.4, -0.2) is 44.2 Å². The third-order valence-electron chi connectivity index (χ3n) is 11.2. The lowest BCUT2D eigenvalue weighted by Gasteiger charge is -2.57. The van der Waals surface area contributed by atoms with Gasteiger partial charge in [-0.25, -0.2) is 0 Å². The zero-order chi connectivity index (χ0) is 28.2. The van der Waals surface area contributed by atoms with Crippen molar-refractivity contribution in [3.8, 4) is 0 Å². The average Bonchev–Trinajstić information content (AvgIpc) is 3.06. The zero-order valence-corrected chi connectivity index (χ0v) is 25.6. The molecule has 4 nitrogen and oxygen atoms in total. The number of Topliss-reactive ketones (excluding diaryl/α,β-unsaturated/α-hetero) is 1. The van der Waals surface area contributed by atoms with E-state index >= 15 is 0 Å². The van der Waals surface area contributed by atoms with E-state index in [1.165, 1.54) is 0 Å². The summed E-state index contributed by atoms with van der Waals surface area (Å²) in [5.41, 5.74) is -0.341. The molecule has 7 atom stereocenters. The molecule has 0 aliphatic heterocycles. The van der Waals surface area contributed by atoms with Crippen molar-refractivity contribution in [2.75, 3.05) is 13.2 Å². The fourth-order valence-electron chi connectivity index (χ4n) is 7.33. The molecule has 0 heterocycles. The molecule has 3 saturated carbocycles. The molecular formula is C28H46F3NO3SSi. The van der Waals surface area contributed by atoms with E-state index in [1.807, 2.05) is 0 Å². The lowest BCUT2D eigenvalue weighted by atomic mass is 9.49. The molecule has 3 aliphatic rings. The van der Waals surface area contributed by atoms with E-state index in [9.17, 15) is 22.8 Å². The lowest BCUT2D eigenvalue weighted by Crippen LogP contribution is -2.56. The molecule has 0 bridgehead atoms. The van der Waals surface area contributed by atoms with Gasteiger partial charge >= 0.3 is 12.1 Å². The van der Waals surface area contributed by atoms with Gasteiger partial charge in [-0.15, -0.1) is 0 Å². The highest BCUT2D eigenvalue weighted by atomic mass is 32.1. The third-order valence-corrected chi connectivity index (χ3v) is 16.1. The van der Waals surface area contributed by atoms with E-state index in [4.69, 9.17) is 16.6 Å². The molecule has 1 amide bonds. The summed E-state index contributed by atoms with van der Waals surface area (Å²) in [6.07, 6.45) is -0.277. The highest BCUT2D eigenvalue weighted by Crippen LogP contribution is 2.63. The minimum atomic E-state index is -4.90. The van der Waals surface area contributed by atoms with Gasteiger partial charge in [0.25, 0.3) is 0 Å². The number of amides is 1. The molecule has 9 heteroatoms. The summed E-state index contributed by atoms with van der Waals surface area (Å²) in [5, 5.41) is 2.27. The van der Waals surface area contributed by atoms with Crippen LogP contribution in [0.25, 0.3) is 0 Å². The van der Waals surface area contributed by atoms with Crippen LogP contribution in [0.4, 0.5) is 13.2 Å². The number of hydrogen-bond acceptors (Lipinski definition) is 4. The first-order valence-corrected chi connectivity index (χ1v) is 17.1. The van der Waals surface area contributed by atoms with Gasteiger partial charge in [-0.1, -0.05) is 53.8 Å². The van der Waals surface area contributed by atoms with Crippen molar-refractivity contribution in [3.63, 3.8) is 0 Å². The molecular weight excluding hydrogens is 515 g/mol. The largest absolute Gasteiger partial charge is 0.471 e. The van der Waals surface area contributed by atoms with Crippen LogP contribution in [0.1, 0.15) is 80.1 Å². The summed E-state index contributed by atoms with van der Waals surface area (Å²) < 4.78 is 46.0. The molecule has 37 heavy (non-hydrogen) atoms. The van der Waals surface area contributed by atoms with Gasteiger partial charge in [0.2, 0.25) is 0 Å². The maximum absolute atomic E-state index is 13.1. The van der Waals surface area contributed by atoms with Crippen molar-refractivity contribution >= 4 is 37.1 Å². The van der Waals surface area contributed by atoms with Crippen molar-refractivity contribution in [3.05, 3.63) is 0 Å². The van der Waals surface area contributed by atoms with Crippen LogP contribution in [-0.2, 0) is 14.0 Å². The molecule has 0 aromatic rings. The quantitative estimate of drug-likeness (QED) is 0.277. The topological polar surface area (TPSA) is 55.4 Å². The summed E-state index contributed by atoms with van der Waals surface area (Å²) in [5.74, 6) is -1.29. The molecule has 3 rings (SSSR count). The molecule has 212 valence electrons. The molecule has 0 radical (unpaired) electrons. The Labute approximate surface area is 227 Å².